The molecule has 1 rings (SSSR count). The smallest absolute Gasteiger partial charge is 0.242 e. The lowest BCUT2D eigenvalue weighted by molar-refractivity contribution is -0.123. The van der Waals surface area contributed by atoms with Crippen molar-refractivity contribution in [3.63, 3.8) is 0 Å². The lowest BCUT2D eigenvalue weighted by Gasteiger charge is -2.19. The highest BCUT2D eigenvalue weighted by Gasteiger charge is 2.23. The largest absolute Gasteiger partial charge is 0.325 e. The molecule has 112 valence electrons. The van der Waals surface area contributed by atoms with Gasteiger partial charge in [-0.1, -0.05) is 26.8 Å². The molecule has 6 heteroatoms. The van der Waals surface area contributed by atoms with Crippen molar-refractivity contribution < 1.29 is 13.2 Å². The Labute approximate surface area is 121 Å². The summed E-state index contributed by atoms with van der Waals surface area (Å²) in [5, 5.41) is 2.78. The monoisotopic (exact) mass is 298 g/mol. The van der Waals surface area contributed by atoms with Crippen LogP contribution in [0.3, 0.4) is 0 Å². The van der Waals surface area contributed by atoms with Gasteiger partial charge in [-0.05, 0) is 24.6 Å². The summed E-state index contributed by atoms with van der Waals surface area (Å²) < 4.78 is 25.3. The first-order valence-electron chi connectivity index (χ1n) is 6.31. The molecule has 1 aromatic rings. The van der Waals surface area contributed by atoms with Crippen LogP contribution in [0.1, 0.15) is 26.3 Å². The summed E-state index contributed by atoms with van der Waals surface area (Å²) in [7, 11) is -0.556. The van der Waals surface area contributed by atoms with Gasteiger partial charge in [-0.15, -0.1) is 0 Å². The SMILES string of the molecule is Cc1ccc(S(=O)(=O)N(C)C)cc1NC(=O)C(C)(C)C. The highest BCUT2D eigenvalue weighted by molar-refractivity contribution is 7.89. The normalized spacial score (nSPS) is 12.6. The Bertz CT molecular complexity index is 614. The van der Waals surface area contributed by atoms with E-state index in [9.17, 15) is 13.2 Å². The van der Waals surface area contributed by atoms with E-state index >= 15 is 0 Å². The number of amides is 1. The van der Waals surface area contributed by atoms with Gasteiger partial charge in [0.25, 0.3) is 0 Å². The van der Waals surface area contributed by atoms with Crippen LogP contribution < -0.4 is 5.32 Å². The lowest BCUT2D eigenvalue weighted by atomic mass is 9.95. The highest BCUT2D eigenvalue weighted by atomic mass is 32.2. The van der Waals surface area contributed by atoms with Gasteiger partial charge in [0.05, 0.1) is 4.90 Å². The van der Waals surface area contributed by atoms with Crippen LogP contribution in [0.2, 0.25) is 0 Å². The maximum atomic E-state index is 12.1. The Morgan fingerprint density at radius 2 is 1.75 bits per heavy atom. The molecule has 1 amide bonds. The van der Waals surface area contributed by atoms with Crippen molar-refractivity contribution in [1.82, 2.24) is 4.31 Å². The van der Waals surface area contributed by atoms with Crippen LogP contribution in [0.25, 0.3) is 0 Å². The third-order valence-corrected chi connectivity index (χ3v) is 4.73. The van der Waals surface area contributed by atoms with E-state index in [4.69, 9.17) is 0 Å². The van der Waals surface area contributed by atoms with Crippen molar-refractivity contribution in [2.45, 2.75) is 32.6 Å². The predicted molar refractivity (Wildman–Crippen MR) is 80.1 cm³/mol. The number of benzene rings is 1. The Kier molecular flexibility index (Phi) is 4.61. The maximum absolute atomic E-state index is 12.1. The number of nitrogens with one attached hydrogen (secondary N) is 1. The first-order chi connectivity index (χ1) is 8.96. The van der Waals surface area contributed by atoms with Crippen LogP contribution in [0, 0.1) is 12.3 Å². The molecule has 0 radical (unpaired) electrons. The number of hydrogen-bond acceptors (Lipinski definition) is 3. The predicted octanol–water partition coefficient (Wildman–Crippen LogP) is 2.23. The van der Waals surface area contributed by atoms with E-state index in [1.165, 1.54) is 26.2 Å². The van der Waals surface area contributed by atoms with E-state index in [1.807, 2.05) is 6.92 Å². The van der Waals surface area contributed by atoms with Crippen LogP contribution in [0.5, 0.6) is 0 Å². The van der Waals surface area contributed by atoms with Crippen LogP contribution in [-0.2, 0) is 14.8 Å². The second-order valence-corrected chi connectivity index (χ2v) is 8.12. The number of rotatable bonds is 3. The lowest BCUT2D eigenvalue weighted by Crippen LogP contribution is -2.28. The number of sulfonamides is 1. The fourth-order valence-corrected chi connectivity index (χ4v) is 2.35. The van der Waals surface area contributed by atoms with Gasteiger partial charge in [0.15, 0.2) is 0 Å². The highest BCUT2D eigenvalue weighted by Crippen LogP contribution is 2.24. The van der Waals surface area contributed by atoms with E-state index in [0.717, 1.165) is 9.87 Å². The van der Waals surface area contributed by atoms with Gasteiger partial charge in [0.2, 0.25) is 15.9 Å². The molecule has 0 aliphatic heterocycles. The maximum Gasteiger partial charge on any atom is 0.242 e. The first kappa shape index (κ1) is 16.7. The number of anilines is 1. The third-order valence-electron chi connectivity index (χ3n) is 2.92. The molecule has 0 aliphatic rings. The number of carbonyl (C=O) groups is 1. The van der Waals surface area contributed by atoms with Crippen molar-refractivity contribution in [2.75, 3.05) is 19.4 Å². The number of nitrogens with zero attached hydrogens (tertiary/aromatic N) is 1. The molecule has 1 aromatic carbocycles. The quantitative estimate of drug-likeness (QED) is 0.930. The number of carbonyl (C=O) groups excluding carboxylic acids is 1. The summed E-state index contributed by atoms with van der Waals surface area (Å²) in [4.78, 5) is 12.2. The molecule has 0 saturated carbocycles. The summed E-state index contributed by atoms with van der Waals surface area (Å²) in [6.07, 6.45) is 0. The summed E-state index contributed by atoms with van der Waals surface area (Å²) in [6, 6.07) is 4.72. The van der Waals surface area contributed by atoms with Crippen LogP contribution in [-0.4, -0.2) is 32.7 Å². The van der Waals surface area contributed by atoms with Crippen molar-refractivity contribution in [3.8, 4) is 0 Å². The molecule has 0 heterocycles. The van der Waals surface area contributed by atoms with Crippen molar-refractivity contribution in [1.29, 1.82) is 0 Å². The molecule has 0 aromatic heterocycles. The fraction of sp³-hybridized carbons (Fsp3) is 0.500. The molecule has 0 atom stereocenters. The van der Waals surface area contributed by atoms with Gasteiger partial charge in [-0.2, -0.15) is 0 Å². The molecule has 0 bridgehead atoms. The minimum absolute atomic E-state index is 0.153. The van der Waals surface area contributed by atoms with Crippen LogP contribution in [0.15, 0.2) is 23.1 Å². The van der Waals surface area contributed by atoms with E-state index in [0.29, 0.717) is 5.69 Å². The van der Waals surface area contributed by atoms with E-state index < -0.39 is 15.4 Å². The zero-order valence-electron chi connectivity index (χ0n) is 12.8. The van der Waals surface area contributed by atoms with E-state index in [1.54, 1.807) is 26.8 Å². The van der Waals surface area contributed by atoms with E-state index in [2.05, 4.69) is 5.32 Å². The van der Waals surface area contributed by atoms with Crippen molar-refractivity contribution >= 4 is 21.6 Å². The summed E-state index contributed by atoms with van der Waals surface area (Å²) in [6.45, 7) is 7.23. The number of hydrogen-bond donors (Lipinski definition) is 1. The Morgan fingerprint density at radius 3 is 2.20 bits per heavy atom. The second kappa shape index (κ2) is 5.54. The summed E-state index contributed by atoms with van der Waals surface area (Å²) in [5.74, 6) is -0.153. The molecule has 20 heavy (non-hydrogen) atoms. The molecule has 0 saturated heterocycles. The summed E-state index contributed by atoms with van der Waals surface area (Å²) in [5.41, 5.74) is 0.802. The average molecular weight is 298 g/mol. The van der Waals surface area contributed by atoms with Crippen LogP contribution >= 0.6 is 0 Å². The third kappa shape index (κ3) is 3.58. The van der Waals surface area contributed by atoms with Crippen molar-refractivity contribution in [2.24, 2.45) is 5.41 Å². The molecule has 0 aliphatic carbocycles. The second-order valence-electron chi connectivity index (χ2n) is 5.97. The zero-order valence-corrected chi connectivity index (χ0v) is 13.6. The Balaban J connectivity index is 3.21. The van der Waals surface area contributed by atoms with Gasteiger partial charge >= 0.3 is 0 Å². The molecular formula is C14H22N2O3S. The standard InChI is InChI=1S/C14H22N2O3S/c1-10-7-8-11(20(18,19)16(5)6)9-12(10)15-13(17)14(2,3)4/h7-9H,1-6H3,(H,15,17). The zero-order chi connectivity index (χ0) is 15.7. The summed E-state index contributed by atoms with van der Waals surface area (Å²) >= 11 is 0. The molecular weight excluding hydrogens is 276 g/mol. The molecule has 0 spiro atoms. The van der Waals surface area contributed by atoms with Gasteiger partial charge < -0.3 is 5.32 Å². The van der Waals surface area contributed by atoms with Gasteiger partial charge in [-0.3, -0.25) is 4.79 Å². The minimum atomic E-state index is -3.51. The van der Waals surface area contributed by atoms with Crippen molar-refractivity contribution in [3.05, 3.63) is 23.8 Å². The van der Waals surface area contributed by atoms with E-state index in [-0.39, 0.29) is 10.8 Å². The Hall–Kier alpha value is -1.40. The van der Waals surface area contributed by atoms with Crippen LogP contribution in [0.4, 0.5) is 5.69 Å². The minimum Gasteiger partial charge on any atom is -0.325 e. The first-order valence-corrected chi connectivity index (χ1v) is 7.75. The van der Waals surface area contributed by atoms with Gasteiger partial charge in [0.1, 0.15) is 0 Å². The average Bonchev–Trinajstić information content (AvgIpc) is 2.30. The van der Waals surface area contributed by atoms with Gasteiger partial charge in [-0.25, -0.2) is 12.7 Å². The molecule has 0 fully saturated rings. The molecule has 1 N–H and O–H groups in total. The molecule has 5 nitrogen and oxygen atoms in total. The Morgan fingerprint density at radius 1 is 1.20 bits per heavy atom. The van der Waals surface area contributed by atoms with Gasteiger partial charge in [0, 0.05) is 25.2 Å². The molecule has 0 unspecified atom stereocenters. The fourth-order valence-electron chi connectivity index (χ4n) is 1.42. The topological polar surface area (TPSA) is 66.5 Å². The number of aryl methyl sites for hydroxylation is 1.